The summed E-state index contributed by atoms with van der Waals surface area (Å²) in [5.74, 6) is 0.896. The van der Waals surface area contributed by atoms with Crippen molar-refractivity contribution in [2.24, 2.45) is 0 Å². The third-order valence-electron chi connectivity index (χ3n) is 3.78. The number of amides is 2. The molecule has 1 aliphatic heterocycles. The SMILES string of the molecule is O=C(NCCCO)NCC(c1ccco1)N1CCCCC1. The molecule has 6 nitrogen and oxygen atoms in total. The summed E-state index contributed by atoms with van der Waals surface area (Å²) in [5, 5.41) is 14.3. The van der Waals surface area contributed by atoms with Gasteiger partial charge in [0.05, 0.1) is 12.3 Å². The third-order valence-corrected chi connectivity index (χ3v) is 3.78. The molecule has 0 radical (unpaired) electrons. The monoisotopic (exact) mass is 295 g/mol. The fraction of sp³-hybridized carbons (Fsp3) is 0.667. The molecular formula is C15H25N3O3. The number of nitrogens with zero attached hydrogens (tertiary/aromatic N) is 1. The Labute approximate surface area is 125 Å². The van der Waals surface area contributed by atoms with E-state index in [4.69, 9.17) is 9.52 Å². The number of aliphatic hydroxyl groups excluding tert-OH is 1. The van der Waals surface area contributed by atoms with Crippen LogP contribution in [0.1, 0.15) is 37.5 Å². The Bertz CT molecular complexity index is 402. The second-order valence-corrected chi connectivity index (χ2v) is 5.34. The Hall–Kier alpha value is -1.53. The molecule has 0 spiro atoms. The minimum absolute atomic E-state index is 0.0864. The van der Waals surface area contributed by atoms with Crippen LogP contribution in [0, 0.1) is 0 Å². The number of nitrogens with one attached hydrogen (secondary N) is 2. The topological polar surface area (TPSA) is 77.7 Å². The first-order valence-electron chi connectivity index (χ1n) is 7.71. The van der Waals surface area contributed by atoms with Crippen LogP contribution in [0.5, 0.6) is 0 Å². The van der Waals surface area contributed by atoms with Gasteiger partial charge in [0.1, 0.15) is 5.76 Å². The summed E-state index contributed by atoms with van der Waals surface area (Å²) in [5.41, 5.74) is 0. The van der Waals surface area contributed by atoms with Gasteiger partial charge in [-0.25, -0.2) is 4.79 Å². The Morgan fingerprint density at radius 3 is 2.81 bits per heavy atom. The van der Waals surface area contributed by atoms with Gasteiger partial charge in [0.15, 0.2) is 0 Å². The molecule has 1 saturated heterocycles. The number of carbonyl (C=O) groups is 1. The van der Waals surface area contributed by atoms with Crippen molar-refractivity contribution in [2.45, 2.75) is 31.7 Å². The predicted molar refractivity (Wildman–Crippen MR) is 80.0 cm³/mol. The zero-order chi connectivity index (χ0) is 14.9. The molecule has 21 heavy (non-hydrogen) atoms. The van der Waals surface area contributed by atoms with Crippen LogP contribution < -0.4 is 10.6 Å². The number of likely N-dealkylation sites (tertiary alicyclic amines) is 1. The molecule has 1 aromatic rings. The summed E-state index contributed by atoms with van der Waals surface area (Å²) in [7, 11) is 0. The highest BCUT2D eigenvalue weighted by Gasteiger charge is 2.24. The van der Waals surface area contributed by atoms with E-state index >= 15 is 0 Å². The molecule has 1 aromatic heterocycles. The zero-order valence-corrected chi connectivity index (χ0v) is 12.4. The van der Waals surface area contributed by atoms with E-state index in [1.165, 1.54) is 19.3 Å². The summed E-state index contributed by atoms with van der Waals surface area (Å²) >= 11 is 0. The molecule has 0 bridgehead atoms. The predicted octanol–water partition coefficient (Wildman–Crippen LogP) is 1.49. The molecule has 2 amide bonds. The first kappa shape index (κ1) is 15.9. The van der Waals surface area contributed by atoms with E-state index in [1.807, 2.05) is 12.1 Å². The lowest BCUT2D eigenvalue weighted by atomic mass is 10.1. The average Bonchev–Trinajstić information content (AvgIpc) is 3.03. The third kappa shape index (κ3) is 5.06. The number of aliphatic hydroxyl groups is 1. The highest BCUT2D eigenvalue weighted by molar-refractivity contribution is 5.73. The summed E-state index contributed by atoms with van der Waals surface area (Å²) in [4.78, 5) is 14.1. The number of piperidine rings is 1. The molecule has 0 aliphatic carbocycles. The second kappa shape index (κ2) is 8.69. The molecule has 0 saturated carbocycles. The second-order valence-electron chi connectivity index (χ2n) is 5.34. The van der Waals surface area contributed by atoms with Crippen molar-refractivity contribution in [3.63, 3.8) is 0 Å². The van der Waals surface area contributed by atoms with Gasteiger partial charge in [0.25, 0.3) is 0 Å². The van der Waals surface area contributed by atoms with Gasteiger partial charge in [-0.3, -0.25) is 4.90 Å². The highest BCUT2D eigenvalue weighted by atomic mass is 16.3. The van der Waals surface area contributed by atoms with Gasteiger partial charge in [-0.2, -0.15) is 0 Å². The van der Waals surface area contributed by atoms with E-state index in [1.54, 1.807) is 6.26 Å². The van der Waals surface area contributed by atoms with Crippen molar-refractivity contribution in [3.8, 4) is 0 Å². The van der Waals surface area contributed by atoms with Gasteiger partial charge in [0, 0.05) is 19.7 Å². The van der Waals surface area contributed by atoms with Gasteiger partial charge in [-0.05, 0) is 44.5 Å². The van der Waals surface area contributed by atoms with E-state index in [2.05, 4.69) is 15.5 Å². The van der Waals surface area contributed by atoms with Crippen molar-refractivity contribution in [1.29, 1.82) is 0 Å². The average molecular weight is 295 g/mol. The number of hydrogen-bond donors (Lipinski definition) is 3. The van der Waals surface area contributed by atoms with E-state index in [0.717, 1.165) is 18.8 Å². The summed E-state index contributed by atoms with van der Waals surface area (Å²) in [6.07, 6.45) is 5.91. The van der Waals surface area contributed by atoms with Crippen molar-refractivity contribution in [3.05, 3.63) is 24.2 Å². The first-order chi connectivity index (χ1) is 10.3. The van der Waals surface area contributed by atoms with Crippen molar-refractivity contribution < 1.29 is 14.3 Å². The Kier molecular flexibility index (Phi) is 6.56. The fourth-order valence-corrected chi connectivity index (χ4v) is 2.65. The lowest BCUT2D eigenvalue weighted by molar-refractivity contribution is 0.143. The van der Waals surface area contributed by atoms with Crippen LogP contribution in [0.25, 0.3) is 0 Å². The molecule has 3 N–H and O–H groups in total. The largest absolute Gasteiger partial charge is 0.468 e. The standard InChI is InChI=1S/C15H25N3O3/c19-10-5-7-16-15(20)17-12-13(14-6-4-11-21-14)18-8-2-1-3-9-18/h4,6,11,13,19H,1-3,5,7-10,12H2,(H2,16,17,20). The van der Waals surface area contributed by atoms with Gasteiger partial charge in [-0.15, -0.1) is 0 Å². The smallest absolute Gasteiger partial charge is 0.314 e. The molecule has 1 atom stereocenters. The molecule has 2 heterocycles. The van der Waals surface area contributed by atoms with Gasteiger partial charge < -0.3 is 20.2 Å². The van der Waals surface area contributed by atoms with Crippen LogP contribution in [0.4, 0.5) is 4.79 Å². The molecule has 6 heteroatoms. The van der Waals surface area contributed by atoms with E-state index in [-0.39, 0.29) is 18.7 Å². The molecule has 1 aliphatic rings. The van der Waals surface area contributed by atoms with Gasteiger partial charge in [0.2, 0.25) is 0 Å². The molecule has 1 fully saturated rings. The molecule has 1 unspecified atom stereocenters. The zero-order valence-electron chi connectivity index (χ0n) is 12.4. The lowest BCUT2D eigenvalue weighted by Gasteiger charge is -2.33. The van der Waals surface area contributed by atoms with E-state index in [0.29, 0.717) is 19.5 Å². The maximum atomic E-state index is 11.7. The molecule has 0 aromatic carbocycles. The van der Waals surface area contributed by atoms with Gasteiger partial charge >= 0.3 is 6.03 Å². The van der Waals surface area contributed by atoms with Crippen molar-refractivity contribution >= 4 is 6.03 Å². The minimum Gasteiger partial charge on any atom is -0.468 e. The summed E-state index contributed by atoms with van der Waals surface area (Å²) < 4.78 is 5.53. The van der Waals surface area contributed by atoms with Crippen LogP contribution in [0.15, 0.2) is 22.8 Å². The Morgan fingerprint density at radius 2 is 2.14 bits per heavy atom. The van der Waals surface area contributed by atoms with Crippen LogP contribution in [0.2, 0.25) is 0 Å². The lowest BCUT2D eigenvalue weighted by Crippen LogP contribution is -2.43. The van der Waals surface area contributed by atoms with Crippen LogP contribution >= 0.6 is 0 Å². The highest BCUT2D eigenvalue weighted by Crippen LogP contribution is 2.24. The molecule has 118 valence electrons. The fourth-order valence-electron chi connectivity index (χ4n) is 2.65. The van der Waals surface area contributed by atoms with E-state index in [9.17, 15) is 4.79 Å². The number of hydrogen-bond acceptors (Lipinski definition) is 4. The first-order valence-corrected chi connectivity index (χ1v) is 7.71. The molecular weight excluding hydrogens is 270 g/mol. The summed E-state index contributed by atoms with van der Waals surface area (Å²) in [6, 6.07) is 3.74. The van der Waals surface area contributed by atoms with Gasteiger partial charge in [-0.1, -0.05) is 6.42 Å². The maximum Gasteiger partial charge on any atom is 0.314 e. The molecule has 2 rings (SSSR count). The van der Waals surface area contributed by atoms with Crippen LogP contribution in [-0.2, 0) is 0 Å². The number of furan rings is 1. The quantitative estimate of drug-likeness (QED) is 0.666. The Balaban J connectivity index is 1.86. The van der Waals surface area contributed by atoms with E-state index < -0.39 is 0 Å². The number of carbonyl (C=O) groups excluding carboxylic acids is 1. The van der Waals surface area contributed by atoms with Crippen LogP contribution in [0.3, 0.4) is 0 Å². The number of urea groups is 1. The Morgan fingerprint density at radius 1 is 1.33 bits per heavy atom. The minimum atomic E-state index is -0.197. The maximum absolute atomic E-state index is 11.7. The number of rotatable bonds is 7. The van der Waals surface area contributed by atoms with Crippen molar-refractivity contribution in [1.82, 2.24) is 15.5 Å². The van der Waals surface area contributed by atoms with Crippen LogP contribution in [-0.4, -0.2) is 48.8 Å². The van der Waals surface area contributed by atoms with Crippen molar-refractivity contribution in [2.75, 3.05) is 32.8 Å². The summed E-state index contributed by atoms with van der Waals surface area (Å²) in [6.45, 7) is 3.18. The normalized spacial score (nSPS) is 17.4.